The van der Waals surface area contributed by atoms with Crippen molar-refractivity contribution < 1.29 is 9.21 Å². The number of hydrogen-bond donors (Lipinski definition) is 1. The molecular weight excluding hydrogens is 282 g/mol. The minimum atomic E-state index is -0.0874. The standard InChI is InChI=1S/C13H12BrNO2/c1-9-4-11(6-12(14)5-9)13(16)15-7-10-2-3-17-8-10/h2-6,8H,7H2,1H3,(H,15,16). The molecule has 2 aromatic rings. The lowest BCUT2D eigenvalue weighted by atomic mass is 10.1. The second kappa shape index (κ2) is 5.19. The molecule has 0 saturated heterocycles. The van der Waals surface area contributed by atoms with Crippen molar-refractivity contribution in [2.75, 3.05) is 0 Å². The van der Waals surface area contributed by atoms with E-state index < -0.39 is 0 Å². The van der Waals surface area contributed by atoms with Crippen LogP contribution < -0.4 is 5.32 Å². The van der Waals surface area contributed by atoms with Crippen LogP contribution in [0.2, 0.25) is 0 Å². The van der Waals surface area contributed by atoms with Gasteiger partial charge in [-0.25, -0.2) is 0 Å². The molecule has 0 aliphatic heterocycles. The lowest BCUT2D eigenvalue weighted by molar-refractivity contribution is 0.0950. The first-order valence-electron chi connectivity index (χ1n) is 5.21. The molecule has 0 radical (unpaired) electrons. The van der Waals surface area contributed by atoms with Crippen molar-refractivity contribution in [2.24, 2.45) is 0 Å². The molecule has 0 bridgehead atoms. The number of hydrogen-bond acceptors (Lipinski definition) is 2. The fourth-order valence-electron chi connectivity index (χ4n) is 1.55. The van der Waals surface area contributed by atoms with Gasteiger partial charge in [0.1, 0.15) is 0 Å². The van der Waals surface area contributed by atoms with Gasteiger partial charge in [-0.05, 0) is 36.8 Å². The largest absolute Gasteiger partial charge is 0.472 e. The quantitative estimate of drug-likeness (QED) is 0.944. The van der Waals surface area contributed by atoms with Gasteiger partial charge in [0, 0.05) is 22.1 Å². The van der Waals surface area contributed by atoms with E-state index in [1.165, 1.54) is 0 Å². The summed E-state index contributed by atoms with van der Waals surface area (Å²) in [4.78, 5) is 11.9. The van der Waals surface area contributed by atoms with Gasteiger partial charge in [0.05, 0.1) is 12.5 Å². The normalized spacial score (nSPS) is 10.2. The van der Waals surface area contributed by atoms with E-state index in [4.69, 9.17) is 4.42 Å². The Kier molecular flexibility index (Phi) is 3.64. The highest BCUT2D eigenvalue weighted by atomic mass is 79.9. The van der Waals surface area contributed by atoms with Crippen molar-refractivity contribution in [3.8, 4) is 0 Å². The number of carbonyl (C=O) groups excluding carboxylic acids is 1. The molecule has 0 aliphatic carbocycles. The van der Waals surface area contributed by atoms with Crippen LogP contribution in [0.25, 0.3) is 0 Å². The number of nitrogens with one attached hydrogen (secondary N) is 1. The minimum Gasteiger partial charge on any atom is -0.472 e. The highest BCUT2D eigenvalue weighted by Crippen LogP contribution is 2.15. The summed E-state index contributed by atoms with van der Waals surface area (Å²) in [6, 6.07) is 7.45. The lowest BCUT2D eigenvalue weighted by Gasteiger charge is -2.05. The Labute approximate surface area is 108 Å². The van der Waals surface area contributed by atoms with Crippen molar-refractivity contribution >= 4 is 21.8 Å². The number of rotatable bonds is 3. The van der Waals surface area contributed by atoms with Gasteiger partial charge < -0.3 is 9.73 Å². The van der Waals surface area contributed by atoms with Gasteiger partial charge in [-0.3, -0.25) is 4.79 Å². The van der Waals surface area contributed by atoms with Crippen molar-refractivity contribution in [2.45, 2.75) is 13.5 Å². The SMILES string of the molecule is Cc1cc(Br)cc(C(=O)NCc2ccoc2)c1. The Bertz CT molecular complexity index is 500. The van der Waals surface area contributed by atoms with Gasteiger partial charge >= 0.3 is 0 Å². The van der Waals surface area contributed by atoms with Gasteiger partial charge in [-0.2, -0.15) is 0 Å². The van der Waals surface area contributed by atoms with E-state index in [0.29, 0.717) is 12.1 Å². The molecule has 0 fully saturated rings. The fraction of sp³-hybridized carbons (Fsp3) is 0.154. The van der Waals surface area contributed by atoms with Crippen molar-refractivity contribution in [3.63, 3.8) is 0 Å². The molecule has 88 valence electrons. The van der Waals surface area contributed by atoms with E-state index in [0.717, 1.165) is 15.6 Å². The number of benzene rings is 1. The molecule has 3 nitrogen and oxygen atoms in total. The monoisotopic (exact) mass is 293 g/mol. The van der Waals surface area contributed by atoms with Gasteiger partial charge in [0.25, 0.3) is 5.91 Å². The van der Waals surface area contributed by atoms with Crippen LogP contribution in [0, 0.1) is 6.92 Å². The van der Waals surface area contributed by atoms with Crippen LogP contribution in [-0.4, -0.2) is 5.91 Å². The maximum atomic E-state index is 11.9. The summed E-state index contributed by atoms with van der Waals surface area (Å²) in [5.41, 5.74) is 2.65. The van der Waals surface area contributed by atoms with Crippen LogP contribution in [0.15, 0.2) is 45.7 Å². The maximum absolute atomic E-state index is 11.9. The van der Waals surface area contributed by atoms with E-state index in [-0.39, 0.29) is 5.91 Å². The highest BCUT2D eigenvalue weighted by Gasteiger charge is 2.07. The minimum absolute atomic E-state index is 0.0874. The molecule has 0 unspecified atom stereocenters. The van der Waals surface area contributed by atoms with E-state index in [1.54, 1.807) is 18.6 Å². The molecule has 0 spiro atoms. The molecule has 17 heavy (non-hydrogen) atoms. The molecule has 4 heteroatoms. The zero-order chi connectivity index (χ0) is 12.3. The van der Waals surface area contributed by atoms with Crippen LogP contribution in [0.5, 0.6) is 0 Å². The first-order valence-corrected chi connectivity index (χ1v) is 6.01. The Morgan fingerprint density at radius 3 is 2.88 bits per heavy atom. The third-order valence-corrected chi connectivity index (χ3v) is 2.80. The van der Waals surface area contributed by atoms with Crippen molar-refractivity contribution in [1.82, 2.24) is 5.32 Å². The van der Waals surface area contributed by atoms with Crippen molar-refractivity contribution in [1.29, 1.82) is 0 Å². The summed E-state index contributed by atoms with van der Waals surface area (Å²) in [6.07, 6.45) is 3.21. The molecule has 0 saturated carbocycles. The first-order chi connectivity index (χ1) is 8.15. The zero-order valence-electron chi connectivity index (χ0n) is 9.37. The predicted octanol–water partition coefficient (Wildman–Crippen LogP) is 3.28. The smallest absolute Gasteiger partial charge is 0.251 e. The number of aryl methyl sites for hydroxylation is 1. The number of amides is 1. The highest BCUT2D eigenvalue weighted by molar-refractivity contribution is 9.10. The zero-order valence-corrected chi connectivity index (χ0v) is 11.0. The molecule has 1 amide bonds. The molecule has 0 aliphatic rings. The van der Waals surface area contributed by atoms with Gasteiger partial charge in [-0.1, -0.05) is 15.9 Å². The fourth-order valence-corrected chi connectivity index (χ4v) is 2.15. The van der Waals surface area contributed by atoms with Crippen LogP contribution in [0.4, 0.5) is 0 Å². The number of furan rings is 1. The summed E-state index contributed by atoms with van der Waals surface area (Å²) >= 11 is 3.38. The Morgan fingerprint density at radius 1 is 1.41 bits per heavy atom. The van der Waals surface area contributed by atoms with Gasteiger partial charge in [0.2, 0.25) is 0 Å². The first kappa shape index (κ1) is 11.9. The second-order valence-electron chi connectivity index (χ2n) is 3.83. The molecule has 2 rings (SSSR count). The number of halogens is 1. The molecule has 1 N–H and O–H groups in total. The number of carbonyl (C=O) groups is 1. The molecule has 1 heterocycles. The predicted molar refractivity (Wildman–Crippen MR) is 68.8 cm³/mol. The van der Waals surface area contributed by atoms with Crippen LogP contribution in [0.3, 0.4) is 0 Å². The third-order valence-electron chi connectivity index (χ3n) is 2.34. The van der Waals surface area contributed by atoms with E-state index >= 15 is 0 Å². The second-order valence-corrected chi connectivity index (χ2v) is 4.75. The molecule has 1 aromatic heterocycles. The lowest BCUT2D eigenvalue weighted by Crippen LogP contribution is -2.22. The molecule has 0 atom stereocenters. The Hall–Kier alpha value is -1.55. The molecule has 1 aromatic carbocycles. The Morgan fingerprint density at radius 2 is 2.24 bits per heavy atom. The van der Waals surface area contributed by atoms with Gasteiger partial charge in [0.15, 0.2) is 0 Å². The van der Waals surface area contributed by atoms with E-state index in [9.17, 15) is 4.79 Å². The van der Waals surface area contributed by atoms with Gasteiger partial charge in [-0.15, -0.1) is 0 Å². The van der Waals surface area contributed by atoms with E-state index in [1.807, 2.05) is 25.1 Å². The van der Waals surface area contributed by atoms with E-state index in [2.05, 4.69) is 21.2 Å². The summed E-state index contributed by atoms with van der Waals surface area (Å²) in [6.45, 7) is 2.43. The average Bonchev–Trinajstić information content (AvgIpc) is 2.77. The molecular formula is C13H12BrNO2. The summed E-state index contributed by atoms with van der Waals surface area (Å²) < 4.78 is 5.84. The topological polar surface area (TPSA) is 42.2 Å². The van der Waals surface area contributed by atoms with Crippen molar-refractivity contribution in [3.05, 3.63) is 58.0 Å². The summed E-state index contributed by atoms with van der Waals surface area (Å²) in [7, 11) is 0. The maximum Gasteiger partial charge on any atom is 0.251 e. The average molecular weight is 294 g/mol. The Balaban J connectivity index is 2.04. The van der Waals surface area contributed by atoms with Crippen LogP contribution >= 0.6 is 15.9 Å². The van der Waals surface area contributed by atoms with Crippen LogP contribution in [0.1, 0.15) is 21.5 Å². The summed E-state index contributed by atoms with van der Waals surface area (Å²) in [5.74, 6) is -0.0874. The summed E-state index contributed by atoms with van der Waals surface area (Å²) in [5, 5.41) is 2.84. The van der Waals surface area contributed by atoms with Crippen LogP contribution in [-0.2, 0) is 6.54 Å². The third kappa shape index (κ3) is 3.20.